The van der Waals surface area contributed by atoms with Crippen LogP contribution in [-0.4, -0.2) is 33.4 Å². The van der Waals surface area contributed by atoms with Crippen LogP contribution in [0, 0.1) is 6.92 Å². The summed E-state index contributed by atoms with van der Waals surface area (Å²) in [7, 11) is 0. The zero-order valence-electron chi connectivity index (χ0n) is 19.3. The maximum Gasteiger partial charge on any atom is 0.416 e. The van der Waals surface area contributed by atoms with Gasteiger partial charge in [0, 0.05) is 12.8 Å². The van der Waals surface area contributed by atoms with Gasteiger partial charge in [-0.05, 0) is 61.6 Å². The second-order valence-electron chi connectivity index (χ2n) is 7.89. The molecule has 1 heterocycles. The highest BCUT2D eigenvalue weighted by atomic mass is 19.4. The summed E-state index contributed by atoms with van der Waals surface area (Å²) in [5.74, 6) is -0.944. The van der Waals surface area contributed by atoms with E-state index in [-0.39, 0.29) is 24.3 Å². The Morgan fingerprint density at radius 2 is 1.77 bits per heavy atom. The molecule has 0 fully saturated rings. The van der Waals surface area contributed by atoms with Gasteiger partial charge in [-0.3, -0.25) is 13.9 Å². The van der Waals surface area contributed by atoms with Gasteiger partial charge < -0.3 is 9.84 Å². The van der Waals surface area contributed by atoms with Crippen LogP contribution < -0.4 is 11.2 Å². The Bertz CT molecular complexity index is 1320. The average Bonchev–Trinajstić information content (AvgIpc) is 2.81. The van der Waals surface area contributed by atoms with Crippen LogP contribution in [-0.2, 0) is 23.9 Å². The standard InChI is InChI=1S/C25H25F3N2O5/c1-3-35-23(33)20-15-29(19-11-9-17(10-12-19)6-5-13-31)24(34)30(22(20)32)14-18-7-4-8-21(16(18)2)25(26,27)28/h4,7-12,15,31H,3,5-6,13-14H2,1-2H3. The van der Waals surface area contributed by atoms with Gasteiger partial charge in [0.05, 0.1) is 24.4 Å². The minimum atomic E-state index is -4.60. The van der Waals surface area contributed by atoms with Crippen LogP contribution in [0.3, 0.4) is 0 Å². The number of alkyl halides is 3. The second-order valence-corrected chi connectivity index (χ2v) is 7.89. The summed E-state index contributed by atoms with van der Waals surface area (Å²) >= 11 is 0. The zero-order chi connectivity index (χ0) is 25.8. The van der Waals surface area contributed by atoms with Crippen LogP contribution in [0.2, 0.25) is 0 Å². The summed E-state index contributed by atoms with van der Waals surface area (Å²) < 4.78 is 46.9. The predicted octanol–water partition coefficient (Wildman–Crippen LogP) is 3.48. The van der Waals surface area contributed by atoms with Gasteiger partial charge in [0.15, 0.2) is 0 Å². The third kappa shape index (κ3) is 5.71. The monoisotopic (exact) mass is 490 g/mol. The van der Waals surface area contributed by atoms with Crippen LogP contribution in [0.15, 0.2) is 58.3 Å². The molecular weight excluding hydrogens is 465 g/mol. The lowest BCUT2D eigenvalue weighted by Crippen LogP contribution is -2.42. The molecular formula is C25H25F3N2O5. The Hall–Kier alpha value is -3.66. The van der Waals surface area contributed by atoms with Crippen LogP contribution in [0.4, 0.5) is 13.2 Å². The van der Waals surface area contributed by atoms with Crippen LogP contribution in [0.5, 0.6) is 0 Å². The third-order valence-electron chi connectivity index (χ3n) is 5.58. The highest BCUT2D eigenvalue weighted by molar-refractivity contribution is 5.88. The molecule has 0 unspecified atom stereocenters. The molecule has 7 nitrogen and oxygen atoms in total. The number of carbonyl (C=O) groups excluding carboxylic acids is 1. The van der Waals surface area contributed by atoms with Gasteiger partial charge >= 0.3 is 17.8 Å². The number of halogens is 3. The average molecular weight is 490 g/mol. The quantitative estimate of drug-likeness (QED) is 0.489. The molecule has 0 radical (unpaired) electrons. The molecule has 0 aliphatic carbocycles. The third-order valence-corrected chi connectivity index (χ3v) is 5.58. The van der Waals surface area contributed by atoms with Crippen molar-refractivity contribution in [2.24, 2.45) is 0 Å². The zero-order valence-corrected chi connectivity index (χ0v) is 19.3. The SMILES string of the molecule is CCOC(=O)c1cn(-c2ccc(CCCO)cc2)c(=O)n(Cc2cccc(C(F)(F)F)c2C)c1=O. The lowest BCUT2D eigenvalue weighted by Gasteiger charge is -2.16. The predicted molar refractivity (Wildman–Crippen MR) is 123 cm³/mol. The van der Waals surface area contributed by atoms with Crippen molar-refractivity contribution in [1.29, 1.82) is 0 Å². The maximum absolute atomic E-state index is 13.4. The summed E-state index contributed by atoms with van der Waals surface area (Å²) in [6.45, 7) is 2.38. The molecule has 0 atom stereocenters. The lowest BCUT2D eigenvalue weighted by atomic mass is 10.0. The molecule has 0 spiro atoms. The molecule has 0 saturated carbocycles. The Balaban J connectivity index is 2.17. The summed E-state index contributed by atoms with van der Waals surface area (Å²) in [5, 5.41) is 9.00. The van der Waals surface area contributed by atoms with E-state index in [9.17, 15) is 27.6 Å². The fourth-order valence-electron chi connectivity index (χ4n) is 3.71. The summed E-state index contributed by atoms with van der Waals surface area (Å²) in [6, 6.07) is 10.2. The number of aliphatic hydroxyl groups is 1. The van der Waals surface area contributed by atoms with Crippen molar-refractivity contribution in [3.63, 3.8) is 0 Å². The fraction of sp³-hybridized carbons (Fsp3) is 0.320. The highest BCUT2D eigenvalue weighted by Crippen LogP contribution is 2.33. The first-order chi connectivity index (χ1) is 16.6. The Morgan fingerprint density at radius 1 is 1.09 bits per heavy atom. The number of ether oxygens (including phenoxy) is 1. The number of esters is 1. The number of carbonyl (C=O) groups is 1. The van der Waals surface area contributed by atoms with E-state index in [1.54, 1.807) is 31.2 Å². The number of aromatic nitrogens is 2. The van der Waals surface area contributed by atoms with Crippen molar-refractivity contribution in [3.05, 3.63) is 97.3 Å². The van der Waals surface area contributed by atoms with Gasteiger partial charge in [0.25, 0.3) is 5.56 Å². The van der Waals surface area contributed by atoms with Crippen molar-refractivity contribution in [1.82, 2.24) is 9.13 Å². The Kier molecular flexibility index (Phi) is 7.96. The summed E-state index contributed by atoms with van der Waals surface area (Å²) in [4.78, 5) is 38.8. The van der Waals surface area contributed by atoms with Gasteiger partial charge in [0.2, 0.25) is 0 Å². The van der Waals surface area contributed by atoms with Crippen molar-refractivity contribution in [2.45, 2.75) is 39.4 Å². The molecule has 0 bridgehead atoms. The minimum absolute atomic E-state index is 0.0102. The van der Waals surface area contributed by atoms with Gasteiger partial charge in [0.1, 0.15) is 5.56 Å². The van der Waals surface area contributed by atoms with Gasteiger partial charge in [-0.2, -0.15) is 13.2 Å². The van der Waals surface area contributed by atoms with E-state index in [1.807, 2.05) is 0 Å². The van der Waals surface area contributed by atoms with E-state index >= 15 is 0 Å². The van der Waals surface area contributed by atoms with Gasteiger partial charge in [-0.1, -0.05) is 24.3 Å². The molecule has 3 rings (SSSR count). The highest BCUT2D eigenvalue weighted by Gasteiger charge is 2.33. The number of benzene rings is 2. The first kappa shape index (κ1) is 26.0. The molecule has 2 aromatic carbocycles. The molecule has 3 aromatic rings. The molecule has 10 heteroatoms. The number of hydrogen-bond acceptors (Lipinski definition) is 5. The topological polar surface area (TPSA) is 90.5 Å². The normalized spacial score (nSPS) is 11.5. The number of nitrogens with zero attached hydrogens (tertiary/aromatic N) is 2. The molecule has 1 aromatic heterocycles. The van der Waals surface area contributed by atoms with Crippen molar-refractivity contribution < 1.29 is 27.8 Å². The van der Waals surface area contributed by atoms with Crippen LogP contribution >= 0.6 is 0 Å². The fourth-order valence-corrected chi connectivity index (χ4v) is 3.71. The molecule has 35 heavy (non-hydrogen) atoms. The van der Waals surface area contributed by atoms with Crippen molar-refractivity contribution in [2.75, 3.05) is 13.2 Å². The molecule has 0 saturated heterocycles. The first-order valence-corrected chi connectivity index (χ1v) is 11.0. The van der Waals surface area contributed by atoms with Crippen molar-refractivity contribution in [3.8, 4) is 5.69 Å². The number of aryl methyl sites for hydroxylation is 1. The molecule has 186 valence electrons. The smallest absolute Gasteiger partial charge is 0.416 e. The van der Waals surface area contributed by atoms with E-state index in [0.717, 1.165) is 27.0 Å². The largest absolute Gasteiger partial charge is 0.462 e. The molecule has 0 amide bonds. The Labute approximate surface area is 199 Å². The number of aliphatic hydroxyl groups excluding tert-OH is 1. The first-order valence-electron chi connectivity index (χ1n) is 11.0. The van der Waals surface area contributed by atoms with E-state index in [4.69, 9.17) is 9.84 Å². The summed E-state index contributed by atoms with van der Waals surface area (Å²) in [6.07, 6.45) is -2.34. The van der Waals surface area contributed by atoms with Crippen LogP contribution in [0.1, 0.15) is 46.0 Å². The van der Waals surface area contributed by atoms with E-state index in [1.165, 1.54) is 19.1 Å². The molecule has 1 N–H and O–H groups in total. The molecule has 0 aliphatic rings. The minimum Gasteiger partial charge on any atom is -0.462 e. The van der Waals surface area contributed by atoms with Crippen molar-refractivity contribution >= 4 is 5.97 Å². The lowest BCUT2D eigenvalue weighted by molar-refractivity contribution is -0.138. The summed E-state index contributed by atoms with van der Waals surface area (Å²) in [5.41, 5.74) is -1.80. The van der Waals surface area contributed by atoms with Gasteiger partial charge in [-0.15, -0.1) is 0 Å². The van der Waals surface area contributed by atoms with E-state index in [2.05, 4.69) is 0 Å². The van der Waals surface area contributed by atoms with Gasteiger partial charge in [-0.25, -0.2) is 9.59 Å². The van der Waals surface area contributed by atoms with Crippen LogP contribution in [0.25, 0.3) is 5.69 Å². The second kappa shape index (κ2) is 10.7. The maximum atomic E-state index is 13.4. The van der Waals surface area contributed by atoms with E-state index in [0.29, 0.717) is 18.5 Å². The molecule has 0 aliphatic heterocycles. The Morgan fingerprint density at radius 3 is 2.37 bits per heavy atom. The number of hydrogen-bond donors (Lipinski definition) is 1. The van der Waals surface area contributed by atoms with E-state index < -0.39 is 41.1 Å². The number of rotatable bonds is 8.